The molecule has 0 unspecified atom stereocenters. The van der Waals surface area contributed by atoms with Crippen LogP contribution in [0.3, 0.4) is 0 Å². The minimum absolute atomic E-state index is 0.0817. The van der Waals surface area contributed by atoms with Gasteiger partial charge in [0.1, 0.15) is 182 Å². The van der Waals surface area contributed by atoms with E-state index in [1.54, 1.807) is 177 Å². The molecule has 0 spiro atoms. The molecule has 0 saturated carbocycles. The van der Waals surface area contributed by atoms with Gasteiger partial charge in [-0.1, -0.05) is 6.92 Å². The van der Waals surface area contributed by atoms with Gasteiger partial charge in [0.15, 0.2) is 0 Å². The van der Waals surface area contributed by atoms with Crippen molar-refractivity contribution in [2.45, 2.75) is 13.3 Å². The Bertz CT molecular complexity index is 2770. The number of ether oxygens (including phenoxy) is 26. The van der Waals surface area contributed by atoms with Crippen LogP contribution in [0, 0.1) is 0 Å². The zero-order valence-electron chi connectivity index (χ0n) is 71.3. The fourth-order valence-corrected chi connectivity index (χ4v) is 8.98. The normalized spacial score (nSPS) is 11.0. The summed E-state index contributed by atoms with van der Waals surface area (Å²) in [6.07, 6.45) is 0.916. The van der Waals surface area contributed by atoms with Gasteiger partial charge in [-0.3, -0.25) is 53.9 Å². The Balaban J connectivity index is 0.000000768. The van der Waals surface area contributed by atoms with E-state index in [9.17, 15) is 5.11 Å². The van der Waals surface area contributed by atoms with E-state index in [0.29, 0.717) is 60.3 Å². The smallest absolute Gasteiger partial charge is 0.235 e. The van der Waals surface area contributed by atoms with Crippen LogP contribution in [0.5, 0.6) is 0 Å². The fraction of sp³-hybridized carbons (Fsp3) is 0.812. The number of rotatable bonds is 67. The number of hydrogen-bond acceptors (Lipinski definition) is 51. The number of anilines is 12. The molecule has 666 valence electrons. The molecule has 0 radical (unpaired) electrons. The minimum atomic E-state index is -0.351. The quantitative estimate of drug-likeness (QED) is 0.0438. The Labute approximate surface area is 674 Å². The SMILES string of the molecule is CCCN(COC)c1nc(N(COC)COC)nc(N(COC)COC)n1.COCOCN(COC)c1nc(N(CO)COC)nc(N(COC)COC)n1.COCOCN(COC)c1nc(N(COC)COC)nc(N(COC)COC)n1.COCOCN(COC)c1nc(N(COC)COC)nc(N(COC)COCOC)n1. The molecule has 4 aromatic rings. The van der Waals surface area contributed by atoms with Crippen molar-refractivity contribution < 1.29 is 128 Å². The van der Waals surface area contributed by atoms with E-state index in [1.807, 2.05) is 4.90 Å². The molecular formula is C64H128N24O27. The predicted octanol–water partition coefficient (Wildman–Crippen LogP) is -0.295. The molecule has 0 aliphatic heterocycles. The highest BCUT2D eigenvalue weighted by atomic mass is 16.7. The molecule has 1 N–H and O–H groups in total. The average molecular weight is 1670 g/mol. The molecule has 0 saturated heterocycles. The maximum atomic E-state index is 9.66. The van der Waals surface area contributed by atoms with Crippen molar-refractivity contribution in [3.05, 3.63) is 0 Å². The Hall–Kier alpha value is -7.44. The van der Waals surface area contributed by atoms with Gasteiger partial charge in [0.25, 0.3) is 0 Å². The van der Waals surface area contributed by atoms with Gasteiger partial charge < -0.3 is 133 Å². The van der Waals surface area contributed by atoms with Crippen molar-refractivity contribution in [3.8, 4) is 0 Å². The molecule has 115 heavy (non-hydrogen) atoms. The third-order valence-electron chi connectivity index (χ3n) is 13.4. The third kappa shape index (κ3) is 41.5. The first-order valence-corrected chi connectivity index (χ1v) is 34.8. The van der Waals surface area contributed by atoms with Gasteiger partial charge in [-0.15, -0.1) is 0 Å². The number of hydrogen-bond donors (Lipinski definition) is 1. The van der Waals surface area contributed by atoms with Crippen molar-refractivity contribution in [3.63, 3.8) is 0 Å². The summed E-state index contributed by atoms with van der Waals surface area (Å²) in [4.78, 5) is 74.5. The number of aliphatic hydroxyl groups excluding tert-OH is 1. The number of aliphatic hydroxyl groups is 1. The number of methoxy groups -OCH3 is 22. The second-order valence-corrected chi connectivity index (χ2v) is 22.8. The highest BCUT2D eigenvalue weighted by Gasteiger charge is 2.27. The van der Waals surface area contributed by atoms with Crippen LogP contribution in [0.2, 0.25) is 0 Å². The second kappa shape index (κ2) is 68.6. The lowest BCUT2D eigenvalue weighted by Crippen LogP contribution is -2.36. The summed E-state index contributed by atoms with van der Waals surface area (Å²) in [5, 5.41) is 9.66. The fourth-order valence-electron chi connectivity index (χ4n) is 8.98. The number of aromatic nitrogens is 12. The van der Waals surface area contributed by atoms with Crippen LogP contribution in [-0.2, 0) is 123 Å². The highest BCUT2D eigenvalue weighted by molar-refractivity contribution is 5.49. The molecule has 51 heteroatoms. The van der Waals surface area contributed by atoms with Crippen LogP contribution in [-0.4, -0.2) is 410 Å². The topological polar surface area (TPSA) is 454 Å². The van der Waals surface area contributed by atoms with Crippen molar-refractivity contribution in [1.82, 2.24) is 59.8 Å². The summed E-state index contributed by atoms with van der Waals surface area (Å²) < 4.78 is 136. The monoisotopic (exact) mass is 1660 g/mol. The van der Waals surface area contributed by atoms with Crippen LogP contribution in [0.4, 0.5) is 71.4 Å². The summed E-state index contributed by atoms with van der Waals surface area (Å²) >= 11 is 0. The van der Waals surface area contributed by atoms with Crippen molar-refractivity contribution in [2.75, 3.05) is 404 Å². The van der Waals surface area contributed by atoms with E-state index >= 15 is 0 Å². The standard InChI is InChI=1S/C17H34N6O8.C16H32N6O7.C16H32N6O5.C15H30N6O7/c1-24-7-21(8-25-2)15-18-16(22(9-26-3)11-30-13-28-5)20-17(19-15)23(10-27-4)12-31-14-29-6;1-23-7-20(8-24-2)14-17-15(21(9-25-3)10-26-4)19-16(18-14)22(11-27-5)12-29-13-28-6;1-7-8-20(9-23-2)14-17-15(21(10-24-3)11-25-4)19-16(18-14)22(12-26-5)13-27-6;1-23-7-19(6-22)13-16-14(20(8-24-2)9-25-3)18-15(17-13)21(10-26-4)11-28-12-27-5/h7-14H2,1-6H3;7-13H2,1-6H3;7-13H2,1-6H3;22H,6-12H2,1-5H3. The first-order valence-electron chi connectivity index (χ1n) is 34.8. The molecule has 0 aliphatic carbocycles. The maximum Gasteiger partial charge on any atom is 0.235 e. The molecule has 4 heterocycles. The summed E-state index contributed by atoms with van der Waals surface area (Å²) in [6.45, 7) is 7.24. The molecule has 4 aromatic heterocycles. The molecular weight excluding hydrogens is 1540 g/mol. The second-order valence-electron chi connectivity index (χ2n) is 22.8. The van der Waals surface area contributed by atoms with Crippen LogP contribution in [0.25, 0.3) is 0 Å². The summed E-state index contributed by atoms with van der Waals surface area (Å²) in [7, 11) is 34.4. The van der Waals surface area contributed by atoms with Gasteiger partial charge in [-0.25, -0.2) is 0 Å². The largest absolute Gasteiger partial charge is 0.376 e. The lowest BCUT2D eigenvalue weighted by Gasteiger charge is -2.27. The van der Waals surface area contributed by atoms with Crippen LogP contribution in [0.15, 0.2) is 0 Å². The van der Waals surface area contributed by atoms with Gasteiger partial charge in [-0.2, -0.15) is 59.8 Å². The van der Waals surface area contributed by atoms with Crippen molar-refractivity contribution in [2.24, 2.45) is 0 Å². The Morgan fingerprint density at radius 2 is 0.296 bits per heavy atom. The molecule has 0 aromatic carbocycles. The highest BCUT2D eigenvalue weighted by Crippen LogP contribution is 2.25. The van der Waals surface area contributed by atoms with Crippen molar-refractivity contribution in [1.29, 1.82) is 0 Å². The Kier molecular flexibility index (Phi) is 63.0. The first kappa shape index (κ1) is 106. The van der Waals surface area contributed by atoms with Crippen LogP contribution in [0.1, 0.15) is 13.3 Å². The maximum absolute atomic E-state index is 9.66. The Morgan fingerprint density at radius 3 is 0.426 bits per heavy atom. The summed E-state index contributed by atoms with van der Waals surface area (Å²) in [6, 6.07) is 0. The lowest BCUT2D eigenvalue weighted by atomic mass is 10.4. The van der Waals surface area contributed by atoms with E-state index in [4.69, 9.17) is 123 Å². The van der Waals surface area contributed by atoms with Crippen LogP contribution >= 0.6 is 0 Å². The molecule has 0 amide bonds. The predicted molar refractivity (Wildman–Crippen MR) is 416 cm³/mol. The van der Waals surface area contributed by atoms with Gasteiger partial charge in [0.2, 0.25) is 71.4 Å². The molecule has 4 rings (SSSR count). The van der Waals surface area contributed by atoms with E-state index in [2.05, 4.69) is 66.7 Å². The summed E-state index contributed by atoms with van der Waals surface area (Å²) in [5.41, 5.74) is 0. The average Bonchev–Trinajstić information content (AvgIpc) is 0.836. The molecule has 0 aliphatic rings. The minimum Gasteiger partial charge on any atom is -0.376 e. The molecule has 0 fully saturated rings. The van der Waals surface area contributed by atoms with E-state index in [-0.39, 0.29) is 193 Å². The zero-order valence-corrected chi connectivity index (χ0v) is 71.3. The first-order chi connectivity index (χ1) is 56.1. The van der Waals surface area contributed by atoms with Gasteiger partial charge in [-0.05, 0) is 6.42 Å². The number of nitrogens with zero attached hydrogens (tertiary/aromatic N) is 24. The molecule has 0 atom stereocenters. The van der Waals surface area contributed by atoms with Crippen LogP contribution < -0.4 is 58.8 Å². The van der Waals surface area contributed by atoms with E-state index in [0.717, 1.165) is 13.0 Å². The van der Waals surface area contributed by atoms with Gasteiger partial charge in [0.05, 0.1) is 0 Å². The molecule has 0 bridgehead atoms. The molecule has 51 nitrogen and oxygen atoms in total. The zero-order chi connectivity index (χ0) is 85.2. The third-order valence-corrected chi connectivity index (χ3v) is 13.4. The van der Waals surface area contributed by atoms with Gasteiger partial charge in [0, 0.05) is 163 Å². The van der Waals surface area contributed by atoms with Gasteiger partial charge >= 0.3 is 0 Å². The van der Waals surface area contributed by atoms with E-state index < -0.39 is 0 Å². The van der Waals surface area contributed by atoms with Crippen molar-refractivity contribution >= 4 is 71.4 Å². The Morgan fingerprint density at radius 1 is 0.174 bits per heavy atom. The lowest BCUT2D eigenvalue weighted by molar-refractivity contribution is -0.0352. The van der Waals surface area contributed by atoms with E-state index in [1.165, 1.54) is 33.3 Å². The summed E-state index contributed by atoms with van der Waals surface area (Å²) in [5.74, 6) is 4.06.